The van der Waals surface area contributed by atoms with E-state index < -0.39 is 0 Å². The average molecular weight is 341 g/mol. The predicted octanol–water partition coefficient (Wildman–Crippen LogP) is 3.97. The van der Waals surface area contributed by atoms with Gasteiger partial charge in [-0.15, -0.1) is 0 Å². The number of Topliss-reactive ketones (excluding diaryl/α,β-unsaturated/α-hetero) is 1. The van der Waals surface area contributed by atoms with Gasteiger partial charge in [0.05, 0.1) is 0 Å². The molecule has 1 aliphatic rings. The molecule has 0 aliphatic carbocycles. The monoisotopic (exact) mass is 340 g/mol. The van der Waals surface area contributed by atoms with Gasteiger partial charge in [0.2, 0.25) is 5.91 Å². The van der Waals surface area contributed by atoms with Crippen LogP contribution in [0.2, 0.25) is 0 Å². The Balaban J connectivity index is 2.03. The number of thioether (sulfide) groups is 1. The van der Waals surface area contributed by atoms with Crippen LogP contribution < -0.4 is 5.32 Å². The highest BCUT2D eigenvalue weighted by atomic mass is 32.2. The van der Waals surface area contributed by atoms with Gasteiger partial charge in [0.1, 0.15) is 5.78 Å². The van der Waals surface area contributed by atoms with Crippen molar-refractivity contribution in [2.24, 2.45) is 5.92 Å². The Morgan fingerprint density at radius 2 is 1.96 bits per heavy atom. The quantitative estimate of drug-likeness (QED) is 0.394. The minimum atomic E-state index is 0.184. The number of carbonyl (C=O) groups is 2. The first-order chi connectivity index (χ1) is 11.1. The molecular weight excluding hydrogens is 308 g/mol. The number of hydrogen-bond acceptors (Lipinski definition) is 4. The second-order valence-corrected chi connectivity index (χ2v) is 7.87. The Hall–Kier alpha value is -0.840. The van der Waals surface area contributed by atoms with Crippen LogP contribution in [0, 0.1) is 11.3 Å². The normalized spacial score (nSPS) is 20.4. The van der Waals surface area contributed by atoms with Crippen molar-refractivity contribution in [3.8, 4) is 0 Å². The van der Waals surface area contributed by atoms with E-state index in [1.165, 1.54) is 19.1 Å². The van der Waals surface area contributed by atoms with Crippen LogP contribution in [-0.2, 0) is 9.59 Å². The highest BCUT2D eigenvalue weighted by molar-refractivity contribution is 8.00. The molecule has 0 saturated carbocycles. The molecular formula is C18H32N2O2S. The van der Waals surface area contributed by atoms with Crippen molar-refractivity contribution in [1.82, 2.24) is 5.32 Å². The average Bonchev–Trinajstić information content (AvgIpc) is 2.99. The Bertz CT molecular complexity index is 374. The summed E-state index contributed by atoms with van der Waals surface area (Å²) in [6.07, 6.45) is 11.6. The smallest absolute Gasteiger partial charge is 0.223 e. The standard InChI is InChI=1S/C18H32N2O2S/c1-15(21)9-5-4-6-10-17-13-16(14-23-17)18(22)20-12-8-3-2-7-11-19/h11,16-17,19H,2-10,12-14H2,1H3,(H,20,22). The lowest BCUT2D eigenvalue weighted by Crippen LogP contribution is -2.31. The fourth-order valence-corrected chi connectivity index (χ4v) is 4.41. The molecule has 2 N–H and O–H groups in total. The third-order valence-corrected chi connectivity index (χ3v) is 5.83. The highest BCUT2D eigenvalue weighted by Gasteiger charge is 2.29. The molecule has 2 unspecified atom stereocenters. The molecule has 0 radical (unpaired) electrons. The fraction of sp³-hybridized carbons (Fsp3) is 0.833. The molecule has 1 saturated heterocycles. The third kappa shape index (κ3) is 9.80. The highest BCUT2D eigenvalue weighted by Crippen LogP contribution is 2.34. The molecule has 1 aliphatic heterocycles. The zero-order valence-electron chi connectivity index (χ0n) is 14.4. The number of amides is 1. The van der Waals surface area contributed by atoms with Crippen molar-refractivity contribution < 1.29 is 9.59 Å². The summed E-state index contributed by atoms with van der Waals surface area (Å²) in [5.74, 6) is 1.65. The topological polar surface area (TPSA) is 70.0 Å². The molecule has 0 bridgehead atoms. The first kappa shape index (κ1) is 20.2. The maximum atomic E-state index is 12.1. The maximum absolute atomic E-state index is 12.1. The first-order valence-corrected chi connectivity index (χ1v) is 10.1. The van der Waals surface area contributed by atoms with Crippen LogP contribution in [0.15, 0.2) is 0 Å². The van der Waals surface area contributed by atoms with Crippen LogP contribution in [0.3, 0.4) is 0 Å². The summed E-state index contributed by atoms with van der Waals surface area (Å²) in [4.78, 5) is 23.0. The van der Waals surface area contributed by atoms with E-state index in [2.05, 4.69) is 5.32 Å². The summed E-state index contributed by atoms with van der Waals surface area (Å²) >= 11 is 1.94. The van der Waals surface area contributed by atoms with Gasteiger partial charge in [0.15, 0.2) is 0 Å². The largest absolute Gasteiger partial charge is 0.356 e. The second kappa shape index (κ2) is 12.6. The fourth-order valence-electron chi connectivity index (χ4n) is 2.92. The van der Waals surface area contributed by atoms with E-state index in [4.69, 9.17) is 5.41 Å². The summed E-state index contributed by atoms with van der Waals surface area (Å²) in [6.45, 7) is 2.43. The van der Waals surface area contributed by atoms with E-state index in [1.54, 1.807) is 6.92 Å². The zero-order chi connectivity index (χ0) is 16.9. The number of hydrogen-bond donors (Lipinski definition) is 2. The van der Waals surface area contributed by atoms with Gasteiger partial charge in [-0.25, -0.2) is 0 Å². The number of rotatable bonds is 13. The molecule has 0 aromatic rings. The maximum Gasteiger partial charge on any atom is 0.223 e. The van der Waals surface area contributed by atoms with Crippen molar-refractivity contribution in [1.29, 1.82) is 5.41 Å². The predicted molar refractivity (Wildman–Crippen MR) is 98.4 cm³/mol. The molecule has 1 heterocycles. The van der Waals surface area contributed by atoms with E-state index >= 15 is 0 Å². The summed E-state index contributed by atoms with van der Waals surface area (Å²) in [7, 11) is 0. The van der Waals surface area contributed by atoms with Crippen LogP contribution >= 0.6 is 11.8 Å². The van der Waals surface area contributed by atoms with Gasteiger partial charge in [-0.05, 0) is 51.7 Å². The minimum absolute atomic E-state index is 0.184. The Kier molecular flexibility index (Phi) is 11.0. The molecule has 0 spiro atoms. The molecule has 2 atom stereocenters. The third-order valence-electron chi connectivity index (χ3n) is 4.33. The van der Waals surface area contributed by atoms with Gasteiger partial charge in [-0.3, -0.25) is 4.79 Å². The summed E-state index contributed by atoms with van der Waals surface area (Å²) in [5, 5.41) is 10.6. The molecule has 4 nitrogen and oxygen atoms in total. The number of carbonyl (C=O) groups excluding carboxylic acids is 2. The summed E-state index contributed by atoms with van der Waals surface area (Å²) in [5.41, 5.74) is 0. The van der Waals surface area contributed by atoms with Crippen LogP contribution in [0.4, 0.5) is 0 Å². The van der Waals surface area contributed by atoms with E-state index in [9.17, 15) is 9.59 Å². The Morgan fingerprint density at radius 1 is 1.17 bits per heavy atom. The van der Waals surface area contributed by atoms with Crippen molar-refractivity contribution >= 4 is 29.7 Å². The SMILES string of the molecule is CC(=O)CCCCCC1CC(C(=O)NCCCCCC=N)CS1. The van der Waals surface area contributed by atoms with E-state index in [0.717, 1.165) is 57.2 Å². The lowest BCUT2D eigenvalue weighted by Gasteiger charge is -2.11. The number of nitrogens with one attached hydrogen (secondary N) is 2. The summed E-state index contributed by atoms with van der Waals surface area (Å²) in [6, 6.07) is 0. The molecule has 1 fully saturated rings. The van der Waals surface area contributed by atoms with Crippen molar-refractivity contribution in [3.63, 3.8) is 0 Å². The van der Waals surface area contributed by atoms with Crippen LogP contribution in [0.5, 0.6) is 0 Å². The lowest BCUT2D eigenvalue weighted by molar-refractivity contribution is -0.124. The van der Waals surface area contributed by atoms with Gasteiger partial charge < -0.3 is 15.5 Å². The Morgan fingerprint density at radius 3 is 2.70 bits per heavy atom. The van der Waals surface area contributed by atoms with Crippen LogP contribution in [-0.4, -0.2) is 35.5 Å². The van der Waals surface area contributed by atoms with Crippen LogP contribution in [0.25, 0.3) is 0 Å². The van der Waals surface area contributed by atoms with Crippen LogP contribution in [0.1, 0.15) is 71.1 Å². The molecule has 0 aromatic heterocycles. The molecule has 0 aromatic carbocycles. The second-order valence-electron chi connectivity index (χ2n) is 6.53. The minimum Gasteiger partial charge on any atom is -0.356 e. The zero-order valence-corrected chi connectivity index (χ0v) is 15.3. The van der Waals surface area contributed by atoms with Gasteiger partial charge in [-0.1, -0.05) is 19.3 Å². The molecule has 23 heavy (non-hydrogen) atoms. The van der Waals surface area contributed by atoms with Gasteiger partial charge >= 0.3 is 0 Å². The van der Waals surface area contributed by atoms with E-state index in [0.29, 0.717) is 11.7 Å². The molecule has 1 amide bonds. The van der Waals surface area contributed by atoms with Gasteiger partial charge in [0.25, 0.3) is 0 Å². The Labute approximate surface area is 145 Å². The van der Waals surface area contributed by atoms with Crippen molar-refractivity contribution in [2.75, 3.05) is 12.3 Å². The van der Waals surface area contributed by atoms with Crippen molar-refractivity contribution in [2.45, 2.75) is 76.4 Å². The lowest BCUT2D eigenvalue weighted by atomic mass is 10.0. The molecule has 5 heteroatoms. The summed E-state index contributed by atoms with van der Waals surface area (Å²) < 4.78 is 0. The molecule has 1 rings (SSSR count). The van der Waals surface area contributed by atoms with E-state index in [-0.39, 0.29) is 17.6 Å². The van der Waals surface area contributed by atoms with Gasteiger partial charge in [-0.2, -0.15) is 11.8 Å². The molecule has 132 valence electrons. The van der Waals surface area contributed by atoms with E-state index in [1.807, 2.05) is 11.8 Å². The van der Waals surface area contributed by atoms with Crippen molar-refractivity contribution in [3.05, 3.63) is 0 Å². The van der Waals surface area contributed by atoms with Gasteiger partial charge in [0, 0.05) is 29.9 Å². The first-order valence-electron chi connectivity index (χ1n) is 9.01. The number of unbranched alkanes of at least 4 members (excludes halogenated alkanes) is 5. The number of ketones is 1.